The molecule has 0 radical (unpaired) electrons. The second-order valence-electron chi connectivity index (χ2n) is 16.2. The van der Waals surface area contributed by atoms with Crippen LogP contribution in [-0.2, 0) is 26.4 Å². The molecule has 5 aromatic rings. The Balaban J connectivity index is 1.33. The van der Waals surface area contributed by atoms with Crippen LogP contribution in [0.1, 0.15) is 69.3 Å². The van der Waals surface area contributed by atoms with Gasteiger partial charge < -0.3 is 14.8 Å². The first-order chi connectivity index (χ1) is 29.4. The van der Waals surface area contributed by atoms with Gasteiger partial charge in [0.15, 0.2) is 5.54 Å². The highest BCUT2D eigenvalue weighted by Crippen LogP contribution is 2.49. The number of alkyl halides is 5. The number of pyridine rings is 1. The highest BCUT2D eigenvalue weighted by molar-refractivity contribution is 6.33. The molecule has 7 rings (SSSR count). The molecule has 0 saturated heterocycles. The molecule has 3 aromatic carbocycles. The lowest BCUT2D eigenvalue weighted by atomic mass is 9.75. The van der Waals surface area contributed by atoms with Gasteiger partial charge in [0, 0.05) is 28.5 Å². The summed E-state index contributed by atoms with van der Waals surface area (Å²) in [6, 6.07) is 23.8. The molecule has 3 amide bonds. The van der Waals surface area contributed by atoms with Gasteiger partial charge in [0.05, 0.1) is 17.9 Å². The molecule has 0 bridgehead atoms. The Hall–Kier alpha value is -6.36. The number of halogens is 6. The number of aliphatic imine (C=N–C) groups is 1. The number of ether oxygens (including phenoxy) is 2. The molecule has 2 aromatic heterocycles. The van der Waals surface area contributed by atoms with Crippen molar-refractivity contribution in [3.05, 3.63) is 131 Å². The Morgan fingerprint density at radius 2 is 1.61 bits per heavy atom. The van der Waals surface area contributed by atoms with Gasteiger partial charge in [-0.1, -0.05) is 99.1 Å². The molecule has 1 aliphatic heterocycles. The minimum absolute atomic E-state index is 0.0458. The quantitative estimate of drug-likeness (QED) is 0.119. The fraction of sp³-hybridized carbons (Fsp3) is 0.318. The molecule has 324 valence electrons. The monoisotopic (exact) mass is 877 g/mol. The minimum atomic E-state index is -4.74. The van der Waals surface area contributed by atoms with Gasteiger partial charge in [0.1, 0.15) is 18.8 Å². The number of hydrogen-bond donors (Lipinski definition) is 2. The summed E-state index contributed by atoms with van der Waals surface area (Å²) in [7, 11) is 0. The summed E-state index contributed by atoms with van der Waals surface area (Å²) in [5, 5.41) is 8.56. The number of guanidine groups is 1. The Labute approximate surface area is 358 Å². The molecule has 18 heteroatoms. The van der Waals surface area contributed by atoms with Gasteiger partial charge in [-0.15, -0.1) is 0 Å². The van der Waals surface area contributed by atoms with E-state index in [1.54, 1.807) is 91.1 Å². The predicted molar refractivity (Wildman–Crippen MR) is 219 cm³/mol. The van der Waals surface area contributed by atoms with Crippen molar-refractivity contribution in [3.8, 4) is 22.4 Å². The van der Waals surface area contributed by atoms with Crippen LogP contribution in [0.5, 0.6) is 0 Å². The van der Waals surface area contributed by atoms with E-state index in [4.69, 9.17) is 26.1 Å². The number of carbonyl (C=O) groups is 3. The molecule has 3 heterocycles. The lowest BCUT2D eigenvalue weighted by molar-refractivity contribution is -0.164. The molecule has 62 heavy (non-hydrogen) atoms. The molecular weight excluding hydrogens is 837 g/mol. The first-order valence-electron chi connectivity index (χ1n) is 19.5. The number of benzene rings is 3. The zero-order chi connectivity index (χ0) is 44.5. The smallest absolute Gasteiger partial charge is 0.414 e. The Bertz CT molecular complexity index is 2460. The number of nitrogens with one attached hydrogen (secondary N) is 2. The average Bonchev–Trinajstić information content (AvgIpc) is 3.77. The van der Waals surface area contributed by atoms with E-state index in [-0.39, 0.29) is 36.9 Å². The number of carbonyl (C=O) groups excluding carboxylic acids is 3. The molecule has 2 N–H and O–H groups in total. The zero-order valence-corrected chi connectivity index (χ0v) is 34.4. The number of aromatic nitrogens is 3. The van der Waals surface area contributed by atoms with Crippen LogP contribution in [0.15, 0.2) is 115 Å². The van der Waals surface area contributed by atoms with Gasteiger partial charge in [-0.05, 0) is 71.2 Å². The molecular formula is C44H41ClF5N7O5. The summed E-state index contributed by atoms with van der Waals surface area (Å²) in [5.41, 5.74) is -1.79. The molecule has 2 aliphatic rings. The SMILES string of the molecule is CC(C)(C)C[C@]1(c2ccc(-c3cnn(C(F)F)c3)cc2)N=C(NC(=O)OCc2ccccc2)N([C@H](COC(=O)NC2(C(F)(F)F)CC2)c2ccc(Cl)c(-c3ccccn3)c2)C1=O. The van der Waals surface area contributed by atoms with Crippen LogP contribution in [0.2, 0.25) is 5.02 Å². The predicted octanol–water partition coefficient (Wildman–Crippen LogP) is 9.98. The van der Waals surface area contributed by atoms with Crippen LogP contribution in [0.4, 0.5) is 31.5 Å². The van der Waals surface area contributed by atoms with Crippen LogP contribution in [0, 0.1) is 5.41 Å². The van der Waals surface area contributed by atoms with Crippen molar-refractivity contribution < 1.29 is 45.8 Å². The summed E-state index contributed by atoms with van der Waals surface area (Å²) in [4.78, 5) is 52.9. The van der Waals surface area contributed by atoms with Crippen LogP contribution in [0.25, 0.3) is 22.4 Å². The molecule has 2 atom stereocenters. The van der Waals surface area contributed by atoms with Crippen molar-refractivity contribution in [1.82, 2.24) is 30.3 Å². The third kappa shape index (κ3) is 9.42. The van der Waals surface area contributed by atoms with E-state index in [2.05, 4.69) is 15.4 Å². The lowest BCUT2D eigenvalue weighted by Gasteiger charge is -2.35. The molecule has 1 aliphatic carbocycles. The number of amides is 3. The Kier molecular flexibility index (Phi) is 12.1. The highest BCUT2D eigenvalue weighted by Gasteiger charge is 2.64. The van der Waals surface area contributed by atoms with Crippen LogP contribution in [-0.4, -0.2) is 62.0 Å². The standard InChI is InChI=1S/C44H41ClF5N7O5/c1-41(2,3)26-43(31-15-12-28(13-16-31)30-22-52-56(23-30)37(46)47)36(58)57(38(54-43)53-39(59)61-24-27-9-5-4-6-10-27)35(25-62-40(60)55-42(18-19-42)44(48,49)50)29-14-17-33(45)32(21-29)34-11-7-8-20-51-34/h4-17,20-23,35,37H,18-19,24-26H2,1-3H3,(H,55,60)(H,53,54,59)/t35-,43-/m1/s1. The van der Waals surface area contributed by atoms with E-state index in [1.807, 2.05) is 26.1 Å². The van der Waals surface area contributed by atoms with E-state index in [1.165, 1.54) is 18.5 Å². The molecule has 0 spiro atoms. The normalized spacial score (nSPS) is 17.7. The van der Waals surface area contributed by atoms with Crippen molar-refractivity contribution in [2.45, 2.75) is 76.5 Å². The van der Waals surface area contributed by atoms with Gasteiger partial charge in [-0.3, -0.25) is 20.0 Å². The topological polar surface area (TPSA) is 140 Å². The first-order valence-corrected chi connectivity index (χ1v) is 19.8. The maximum atomic E-state index is 15.5. The molecule has 12 nitrogen and oxygen atoms in total. The maximum Gasteiger partial charge on any atom is 0.414 e. The minimum Gasteiger partial charge on any atom is -0.447 e. The van der Waals surface area contributed by atoms with E-state index >= 15 is 4.79 Å². The first kappa shape index (κ1) is 43.7. The summed E-state index contributed by atoms with van der Waals surface area (Å²) in [6.07, 6.45) is -3.72. The Morgan fingerprint density at radius 3 is 2.23 bits per heavy atom. The summed E-state index contributed by atoms with van der Waals surface area (Å²) in [6.45, 7) is 1.92. The van der Waals surface area contributed by atoms with Gasteiger partial charge >= 0.3 is 24.9 Å². The second kappa shape index (κ2) is 17.2. The third-order valence-electron chi connectivity index (χ3n) is 10.4. The average molecular weight is 878 g/mol. The van der Waals surface area contributed by atoms with Gasteiger partial charge in [0.2, 0.25) is 5.96 Å². The molecule has 1 fully saturated rings. The lowest BCUT2D eigenvalue weighted by Crippen LogP contribution is -2.51. The van der Waals surface area contributed by atoms with Gasteiger partial charge in [0.25, 0.3) is 5.91 Å². The van der Waals surface area contributed by atoms with Gasteiger partial charge in [-0.2, -0.15) is 27.1 Å². The van der Waals surface area contributed by atoms with Crippen molar-refractivity contribution in [1.29, 1.82) is 0 Å². The van der Waals surface area contributed by atoms with E-state index in [0.717, 1.165) is 4.90 Å². The summed E-state index contributed by atoms with van der Waals surface area (Å²) >= 11 is 6.67. The van der Waals surface area contributed by atoms with Crippen molar-refractivity contribution in [2.75, 3.05) is 6.61 Å². The third-order valence-corrected chi connectivity index (χ3v) is 10.8. The fourth-order valence-electron chi connectivity index (χ4n) is 7.29. The second-order valence-corrected chi connectivity index (χ2v) is 16.6. The van der Waals surface area contributed by atoms with E-state index in [0.29, 0.717) is 43.8 Å². The molecule has 1 saturated carbocycles. The fourth-order valence-corrected chi connectivity index (χ4v) is 7.50. The number of alkyl carbamates (subject to hydrolysis) is 2. The number of hydrogen-bond acceptors (Lipinski definition) is 8. The van der Waals surface area contributed by atoms with E-state index < -0.39 is 60.0 Å². The van der Waals surface area contributed by atoms with E-state index in [9.17, 15) is 31.5 Å². The largest absolute Gasteiger partial charge is 0.447 e. The summed E-state index contributed by atoms with van der Waals surface area (Å²) in [5.74, 6) is -1.00. The highest BCUT2D eigenvalue weighted by atomic mass is 35.5. The number of rotatable bonds is 12. The van der Waals surface area contributed by atoms with Crippen molar-refractivity contribution in [3.63, 3.8) is 0 Å². The van der Waals surface area contributed by atoms with Crippen molar-refractivity contribution >= 4 is 35.7 Å². The van der Waals surface area contributed by atoms with Gasteiger partial charge in [-0.25, -0.2) is 19.3 Å². The maximum absolute atomic E-state index is 15.5. The number of nitrogens with zero attached hydrogens (tertiary/aromatic N) is 5. The zero-order valence-electron chi connectivity index (χ0n) is 33.6. The van der Waals surface area contributed by atoms with Crippen LogP contribution >= 0.6 is 11.6 Å². The van der Waals surface area contributed by atoms with Crippen LogP contribution in [0.3, 0.4) is 0 Å². The summed E-state index contributed by atoms with van der Waals surface area (Å²) < 4.78 is 80.0. The van der Waals surface area contributed by atoms with Crippen molar-refractivity contribution in [2.24, 2.45) is 10.4 Å². The molecule has 0 unspecified atom stereocenters. The van der Waals surface area contributed by atoms with Crippen LogP contribution < -0.4 is 10.6 Å². The Morgan fingerprint density at radius 1 is 0.903 bits per heavy atom.